The van der Waals surface area contributed by atoms with Crippen molar-refractivity contribution in [3.63, 3.8) is 0 Å². The highest BCUT2D eigenvalue weighted by molar-refractivity contribution is 5.36. The maximum Gasteiger partial charge on any atom is 0.0589 e. The van der Waals surface area contributed by atoms with E-state index in [2.05, 4.69) is 36.1 Å². The van der Waals surface area contributed by atoms with Crippen LogP contribution in [0.2, 0.25) is 0 Å². The van der Waals surface area contributed by atoms with E-state index in [0.717, 1.165) is 32.5 Å². The molecule has 0 atom stereocenters. The summed E-state index contributed by atoms with van der Waals surface area (Å²) in [5, 5.41) is 0. The first-order valence-electron chi connectivity index (χ1n) is 6.76. The van der Waals surface area contributed by atoms with Crippen molar-refractivity contribution in [2.45, 2.75) is 25.3 Å². The summed E-state index contributed by atoms with van der Waals surface area (Å²) in [6.45, 7) is 5.66. The highest BCUT2D eigenvalue weighted by atomic mass is 16.5. The summed E-state index contributed by atoms with van der Waals surface area (Å²) >= 11 is 0. The molecule has 0 saturated carbocycles. The molecule has 0 unspecified atom stereocenters. The van der Waals surface area contributed by atoms with Crippen molar-refractivity contribution in [2.24, 2.45) is 5.73 Å². The van der Waals surface area contributed by atoms with E-state index < -0.39 is 0 Å². The van der Waals surface area contributed by atoms with Crippen LogP contribution in [0.25, 0.3) is 0 Å². The van der Waals surface area contributed by atoms with Gasteiger partial charge in [-0.3, -0.25) is 4.90 Å². The van der Waals surface area contributed by atoms with Gasteiger partial charge in [-0.1, -0.05) is 31.2 Å². The molecule has 3 heteroatoms. The molecule has 1 aliphatic carbocycles. The minimum atomic E-state index is 0.0942. The number of rotatable bonds is 6. The van der Waals surface area contributed by atoms with E-state index >= 15 is 0 Å². The largest absolute Gasteiger partial charge is 0.383 e. The van der Waals surface area contributed by atoms with Crippen LogP contribution in [-0.4, -0.2) is 43.8 Å². The van der Waals surface area contributed by atoms with Crippen molar-refractivity contribution in [2.75, 3.05) is 33.4 Å². The van der Waals surface area contributed by atoms with Gasteiger partial charge in [-0.2, -0.15) is 0 Å². The molecule has 2 N–H and O–H groups in total. The Bertz CT molecular complexity index is 367. The highest BCUT2D eigenvalue weighted by Crippen LogP contribution is 2.33. The van der Waals surface area contributed by atoms with Crippen LogP contribution in [0.3, 0.4) is 0 Å². The van der Waals surface area contributed by atoms with Crippen molar-refractivity contribution in [1.82, 2.24) is 4.90 Å². The average Bonchev–Trinajstić information content (AvgIpc) is 2.79. The van der Waals surface area contributed by atoms with E-state index in [4.69, 9.17) is 10.5 Å². The van der Waals surface area contributed by atoms with Crippen LogP contribution in [-0.2, 0) is 17.6 Å². The molecule has 0 bridgehead atoms. The molecule has 1 aromatic rings. The third-order valence-electron chi connectivity index (χ3n) is 4.16. The lowest BCUT2D eigenvalue weighted by atomic mass is 9.93. The van der Waals surface area contributed by atoms with Crippen LogP contribution in [0.5, 0.6) is 0 Å². The minimum absolute atomic E-state index is 0.0942. The molecular formula is C15H24N2O. The molecule has 0 saturated heterocycles. The summed E-state index contributed by atoms with van der Waals surface area (Å²) in [5.74, 6) is 0. The molecule has 3 nitrogen and oxygen atoms in total. The Labute approximate surface area is 110 Å². The van der Waals surface area contributed by atoms with Gasteiger partial charge in [0.25, 0.3) is 0 Å². The van der Waals surface area contributed by atoms with Gasteiger partial charge in [0.1, 0.15) is 0 Å². The Morgan fingerprint density at radius 2 is 1.89 bits per heavy atom. The summed E-state index contributed by atoms with van der Waals surface area (Å²) < 4.78 is 5.22. The van der Waals surface area contributed by atoms with Crippen molar-refractivity contribution in [3.8, 4) is 0 Å². The number of ether oxygens (including phenoxy) is 1. The molecule has 100 valence electrons. The molecule has 0 radical (unpaired) electrons. The maximum absolute atomic E-state index is 6.11. The van der Waals surface area contributed by atoms with Crippen LogP contribution in [0.15, 0.2) is 24.3 Å². The zero-order valence-corrected chi connectivity index (χ0v) is 11.5. The number of methoxy groups -OCH3 is 1. The predicted molar refractivity (Wildman–Crippen MR) is 74.8 cm³/mol. The predicted octanol–water partition coefficient (Wildman–Crippen LogP) is 1.45. The van der Waals surface area contributed by atoms with Crippen molar-refractivity contribution in [3.05, 3.63) is 35.4 Å². The first kappa shape index (κ1) is 13.5. The van der Waals surface area contributed by atoms with Gasteiger partial charge < -0.3 is 10.5 Å². The summed E-state index contributed by atoms with van der Waals surface area (Å²) in [6, 6.07) is 8.71. The summed E-state index contributed by atoms with van der Waals surface area (Å²) in [4.78, 5) is 2.48. The van der Waals surface area contributed by atoms with Gasteiger partial charge in [-0.15, -0.1) is 0 Å². The molecule has 2 rings (SSSR count). The third kappa shape index (κ3) is 2.44. The fourth-order valence-corrected chi connectivity index (χ4v) is 3.10. The van der Waals surface area contributed by atoms with Gasteiger partial charge in [-0.05, 0) is 30.5 Å². The van der Waals surface area contributed by atoms with E-state index in [9.17, 15) is 0 Å². The second-order valence-corrected chi connectivity index (χ2v) is 5.12. The quantitative estimate of drug-likeness (QED) is 0.828. The van der Waals surface area contributed by atoms with Crippen LogP contribution >= 0.6 is 0 Å². The Hall–Kier alpha value is -0.900. The summed E-state index contributed by atoms with van der Waals surface area (Å²) in [7, 11) is 1.76. The number of hydrogen-bond acceptors (Lipinski definition) is 3. The maximum atomic E-state index is 6.11. The van der Waals surface area contributed by atoms with Gasteiger partial charge in [0.15, 0.2) is 0 Å². The Balaban J connectivity index is 2.18. The molecule has 0 aliphatic heterocycles. The standard InChI is InChI=1S/C15H24N2O/c1-3-17(8-9-18-2)15(12-16)10-13-6-4-5-7-14(13)11-15/h4-7H,3,8-12,16H2,1-2H3. The molecule has 0 aromatic heterocycles. The zero-order chi connectivity index (χ0) is 13.0. The second kappa shape index (κ2) is 5.83. The Morgan fingerprint density at radius 1 is 1.28 bits per heavy atom. The lowest BCUT2D eigenvalue weighted by molar-refractivity contribution is 0.0702. The van der Waals surface area contributed by atoms with Gasteiger partial charge in [-0.25, -0.2) is 0 Å². The number of nitrogens with zero attached hydrogens (tertiary/aromatic N) is 1. The molecule has 1 aliphatic rings. The Morgan fingerprint density at radius 3 is 2.33 bits per heavy atom. The van der Waals surface area contributed by atoms with E-state index in [1.54, 1.807) is 7.11 Å². The topological polar surface area (TPSA) is 38.5 Å². The number of benzene rings is 1. The summed E-state index contributed by atoms with van der Waals surface area (Å²) in [6.07, 6.45) is 2.13. The molecule has 0 heterocycles. The fourth-order valence-electron chi connectivity index (χ4n) is 3.10. The molecule has 18 heavy (non-hydrogen) atoms. The molecular weight excluding hydrogens is 224 g/mol. The van der Waals surface area contributed by atoms with Crippen molar-refractivity contribution >= 4 is 0 Å². The van der Waals surface area contributed by atoms with E-state index in [1.807, 2.05) is 0 Å². The zero-order valence-electron chi connectivity index (χ0n) is 11.5. The number of hydrogen-bond donors (Lipinski definition) is 1. The lowest BCUT2D eigenvalue weighted by Gasteiger charge is -2.40. The third-order valence-corrected chi connectivity index (χ3v) is 4.16. The molecule has 0 spiro atoms. The first-order valence-corrected chi connectivity index (χ1v) is 6.76. The van der Waals surface area contributed by atoms with Gasteiger partial charge >= 0.3 is 0 Å². The van der Waals surface area contributed by atoms with Crippen LogP contribution in [0.1, 0.15) is 18.1 Å². The normalized spacial score (nSPS) is 17.1. The first-order chi connectivity index (χ1) is 8.75. The van der Waals surface area contributed by atoms with Gasteiger partial charge in [0, 0.05) is 25.7 Å². The lowest BCUT2D eigenvalue weighted by Crippen LogP contribution is -2.55. The number of fused-ring (bicyclic) bond motifs is 1. The summed E-state index contributed by atoms with van der Waals surface area (Å²) in [5.41, 5.74) is 9.12. The molecule has 1 aromatic carbocycles. The minimum Gasteiger partial charge on any atom is -0.383 e. The van der Waals surface area contributed by atoms with Crippen LogP contribution in [0, 0.1) is 0 Å². The fraction of sp³-hybridized carbons (Fsp3) is 0.600. The monoisotopic (exact) mass is 248 g/mol. The van der Waals surface area contributed by atoms with E-state index in [-0.39, 0.29) is 5.54 Å². The Kier molecular flexibility index (Phi) is 4.38. The second-order valence-electron chi connectivity index (χ2n) is 5.12. The van der Waals surface area contributed by atoms with E-state index in [1.165, 1.54) is 11.1 Å². The van der Waals surface area contributed by atoms with Gasteiger partial charge in [0.2, 0.25) is 0 Å². The van der Waals surface area contributed by atoms with Crippen molar-refractivity contribution < 1.29 is 4.74 Å². The number of nitrogens with two attached hydrogens (primary N) is 1. The van der Waals surface area contributed by atoms with Gasteiger partial charge in [0.05, 0.1) is 6.61 Å². The highest BCUT2D eigenvalue weighted by Gasteiger charge is 2.40. The molecule has 0 amide bonds. The van der Waals surface area contributed by atoms with Crippen molar-refractivity contribution in [1.29, 1.82) is 0 Å². The van der Waals surface area contributed by atoms with Crippen LogP contribution < -0.4 is 5.73 Å². The smallest absolute Gasteiger partial charge is 0.0589 e. The van der Waals surface area contributed by atoms with E-state index in [0.29, 0.717) is 6.54 Å². The number of likely N-dealkylation sites (N-methyl/N-ethyl adjacent to an activating group) is 1. The van der Waals surface area contributed by atoms with Crippen LogP contribution in [0.4, 0.5) is 0 Å². The SMILES string of the molecule is CCN(CCOC)C1(CN)Cc2ccccc2C1. The average molecular weight is 248 g/mol. The molecule has 0 fully saturated rings.